The van der Waals surface area contributed by atoms with Gasteiger partial charge in [0.25, 0.3) is 0 Å². The first kappa shape index (κ1) is 11.8. The molecule has 0 aliphatic heterocycles. The van der Waals surface area contributed by atoms with Crippen molar-refractivity contribution < 1.29 is 14.6 Å². The molecular weight excluding hydrogens is 220 g/mol. The van der Waals surface area contributed by atoms with Gasteiger partial charge < -0.3 is 14.6 Å². The van der Waals surface area contributed by atoms with E-state index in [-0.39, 0.29) is 13.0 Å². The van der Waals surface area contributed by atoms with Crippen molar-refractivity contribution >= 4 is 11.0 Å². The third-order valence-electron chi connectivity index (χ3n) is 2.69. The first-order valence-electron chi connectivity index (χ1n) is 5.45. The summed E-state index contributed by atoms with van der Waals surface area (Å²) in [6.07, 6.45) is -0.652. The Labute approximate surface area is 98.1 Å². The molecule has 2 rings (SSSR count). The van der Waals surface area contributed by atoms with Crippen molar-refractivity contribution in [3.8, 4) is 0 Å². The number of rotatable bonds is 3. The summed E-state index contributed by atoms with van der Waals surface area (Å²) in [4.78, 5) is 11.4. The molecular formula is C13H14O4. The largest absolute Gasteiger partial charge is 0.423 e. The van der Waals surface area contributed by atoms with Crippen LogP contribution in [0, 0.1) is 6.92 Å². The average Bonchev–Trinajstić information content (AvgIpc) is 2.27. The van der Waals surface area contributed by atoms with Gasteiger partial charge in [-0.15, -0.1) is 0 Å². The van der Waals surface area contributed by atoms with Gasteiger partial charge >= 0.3 is 5.63 Å². The van der Waals surface area contributed by atoms with Gasteiger partial charge in [-0.25, -0.2) is 4.79 Å². The summed E-state index contributed by atoms with van der Waals surface area (Å²) in [7, 11) is 0. The first-order chi connectivity index (χ1) is 8.11. The quantitative estimate of drug-likeness (QED) is 0.790. The highest BCUT2D eigenvalue weighted by molar-refractivity contribution is 5.81. The van der Waals surface area contributed by atoms with Crippen molar-refractivity contribution in [3.05, 3.63) is 45.8 Å². The number of benzene rings is 1. The minimum Gasteiger partial charge on any atom is -0.423 e. The molecule has 4 nitrogen and oxygen atoms in total. The summed E-state index contributed by atoms with van der Waals surface area (Å²) in [6.45, 7) is 1.77. The van der Waals surface area contributed by atoms with Gasteiger partial charge in [0.15, 0.2) is 0 Å². The highest BCUT2D eigenvalue weighted by Crippen LogP contribution is 2.25. The molecule has 0 fully saturated rings. The summed E-state index contributed by atoms with van der Waals surface area (Å²) >= 11 is 0. The van der Waals surface area contributed by atoms with Crippen LogP contribution in [-0.2, 0) is 0 Å². The van der Waals surface area contributed by atoms with Crippen LogP contribution in [0.5, 0.6) is 0 Å². The maximum atomic E-state index is 11.4. The van der Waals surface area contributed by atoms with E-state index in [1.807, 2.05) is 19.1 Å². The second kappa shape index (κ2) is 4.69. The van der Waals surface area contributed by atoms with Crippen LogP contribution in [-0.4, -0.2) is 16.8 Å². The van der Waals surface area contributed by atoms with Gasteiger partial charge in [-0.1, -0.05) is 12.1 Å². The highest BCUT2D eigenvalue weighted by Gasteiger charge is 2.13. The molecule has 0 aliphatic carbocycles. The van der Waals surface area contributed by atoms with Gasteiger partial charge in [-0.3, -0.25) is 0 Å². The molecule has 2 aromatic rings. The van der Waals surface area contributed by atoms with E-state index in [0.29, 0.717) is 16.5 Å². The van der Waals surface area contributed by atoms with Crippen LogP contribution in [0.1, 0.15) is 23.7 Å². The molecule has 1 aromatic carbocycles. The number of aryl methyl sites for hydroxylation is 1. The zero-order valence-electron chi connectivity index (χ0n) is 9.51. The monoisotopic (exact) mass is 234 g/mol. The van der Waals surface area contributed by atoms with Crippen molar-refractivity contribution in [2.24, 2.45) is 0 Å². The molecule has 4 heteroatoms. The van der Waals surface area contributed by atoms with Gasteiger partial charge in [0, 0.05) is 24.5 Å². The van der Waals surface area contributed by atoms with Crippen molar-refractivity contribution in [2.75, 3.05) is 6.61 Å². The Morgan fingerprint density at radius 3 is 2.82 bits per heavy atom. The van der Waals surface area contributed by atoms with E-state index >= 15 is 0 Å². The van der Waals surface area contributed by atoms with Crippen LogP contribution >= 0.6 is 0 Å². The van der Waals surface area contributed by atoms with Gasteiger partial charge in [0.05, 0.1) is 6.10 Å². The lowest BCUT2D eigenvalue weighted by Crippen LogP contribution is -2.07. The zero-order valence-corrected chi connectivity index (χ0v) is 9.51. The predicted octanol–water partition coefficient (Wildman–Crippen LogP) is 1.52. The molecule has 0 radical (unpaired) electrons. The minimum atomic E-state index is -0.852. The summed E-state index contributed by atoms with van der Waals surface area (Å²) in [6, 6.07) is 6.73. The van der Waals surface area contributed by atoms with Crippen molar-refractivity contribution in [3.63, 3.8) is 0 Å². The van der Waals surface area contributed by atoms with E-state index in [1.165, 1.54) is 6.07 Å². The van der Waals surface area contributed by atoms with E-state index in [2.05, 4.69) is 0 Å². The fraction of sp³-hybridized carbons (Fsp3) is 0.308. The van der Waals surface area contributed by atoms with Gasteiger partial charge in [0.2, 0.25) is 0 Å². The smallest absolute Gasteiger partial charge is 0.336 e. The molecule has 0 saturated carbocycles. The van der Waals surface area contributed by atoms with E-state index < -0.39 is 11.7 Å². The molecule has 1 unspecified atom stereocenters. The van der Waals surface area contributed by atoms with Crippen LogP contribution in [0.3, 0.4) is 0 Å². The molecule has 0 bridgehead atoms. The molecule has 17 heavy (non-hydrogen) atoms. The van der Waals surface area contributed by atoms with Gasteiger partial charge in [0.1, 0.15) is 5.58 Å². The lowest BCUT2D eigenvalue weighted by atomic mass is 10.0. The molecule has 1 atom stereocenters. The molecule has 1 aromatic heterocycles. The van der Waals surface area contributed by atoms with E-state index in [4.69, 9.17) is 9.52 Å². The summed E-state index contributed by atoms with van der Waals surface area (Å²) in [5.41, 5.74) is 1.46. The second-order valence-corrected chi connectivity index (χ2v) is 4.05. The molecule has 2 N–H and O–H groups in total. The van der Waals surface area contributed by atoms with E-state index in [0.717, 1.165) is 5.56 Å². The first-order valence-corrected chi connectivity index (χ1v) is 5.45. The Hall–Kier alpha value is -1.65. The minimum absolute atomic E-state index is 0.130. The molecule has 0 amide bonds. The molecule has 0 saturated heterocycles. The van der Waals surface area contributed by atoms with E-state index in [9.17, 15) is 9.90 Å². The lowest BCUT2D eigenvalue weighted by Gasteiger charge is -2.11. The van der Waals surface area contributed by atoms with Gasteiger partial charge in [-0.05, 0) is 24.1 Å². The third-order valence-corrected chi connectivity index (χ3v) is 2.69. The Morgan fingerprint density at radius 1 is 1.35 bits per heavy atom. The number of aliphatic hydroxyl groups is 2. The molecule has 1 heterocycles. The van der Waals surface area contributed by atoms with Crippen LogP contribution in [0.4, 0.5) is 0 Å². The maximum absolute atomic E-state index is 11.4. The Kier molecular flexibility index (Phi) is 3.26. The Balaban J connectivity index is 2.65. The summed E-state index contributed by atoms with van der Waals surface area (Å²) in [5, 5.41) is 19.4. The molecule has 90 valence electrons. The number of aliphatic hydroxyl groups excluding tert-OH is 2. The standard InChI is InChI=1S/C13H14O4/c1-8-2-3-9-10(11(15)4-5-14)7-13(16)17-12(9)6-8/h2-3,6-7,11,14-15H,4-5H2,1H3. The summed E-state index contributed by atoms with van der Waals surface area (Å²) in [5.74, 6) is 0. The zero-order chi connectivity index (χ0) is 12.4. The number of hydrogen-bond donors (Lipinski definition) is 2. The predicted molar refractivity (Wildman–Crippen MR) is 63.9 cm³/mol. The molecule has 0 spiro atoms. The van der Waals surface area contributed by atoms with Gasteiger partial charge in [-0.2, -0.15) is 0 Å². The fourth-order valence-electron chi connectivity index (χ4n) is 1.85. The normalized spacial score (nSPS) is 12.9. The Bertz CT molecular complexity index is 585. The van der Waals surface area contributed by atoms with Crippen molar-refractivity contribution in [1.82, 2.24) is 0 Å². The highest BCUT2D eigenvalue weighted by atomic mass is 16.4. The molecule has 0 aliphatic rings. The van der Waals surface area contributed by atoms with E-state index in [1.54, 1.807) is 6.07 Å². The maximum Gasteiger partial charge on any atom is 0.336 e. The average molecular weight is 234 g/mol. The summed E-state index contributed by atoms with van der Waals surface area (Å²) < 4.78 is 5.08. The Morgan fingerprint density at radius 2 is 2.12 bits per heavy atom. The number of fused-ring (bicyclic) bond motifs is 1. The van der Waals surface area contributed by atoms with Crippen molar-refractivity contribution in [2.45, 2.75) is 19.4 Å². The van der Waals surface area contributed by atoms with Crippen LogP contribution in [0.15, 0.2) is 33.5 Å². The number of hydrogen-bond acceptors (Lipinski definition) is 4. The topological polar surface area (TPSA) is 70.7 Å². The third kappa shape index (κ3) is 2.38. The van der Waals surface area contributed by atoms with Crippen LogP contribution in [0.25, 0.3) is 11.0 Å². The van der Waals surface area contributed by atoms with Crippen LogP contribution in [0.2, 0.25) is 0 Å². The van der Waals surface area contributed by atoms with Crippen LogP contribution < -0.4 is 5.63 Å². The fourth-order valence-corrected chi connectivity index (χ4v) is 1.85. The second-order valence-electron chi connectivity index (χ2n) is 4.05. The van der Waals surface area contributed by atoms with Crippen molar-refractivity contribution in [1.29, 1.82) is 0 Å². The lowest BCUT2D eigenvalue weighted by molar-refractivity contribution is 0.135. The SMILES string of the molecule is Cc1ccc2c(C(O)CCO)cc(=O)oc2c1.